The first-order chi connectivity index (χ1) is 9.36. The van der Waals surface area contributed by atoms with Crippen LogP contribution in [0.15, 0.2) is 79.6 Å². The van der Waals surface area contributed by atoms with Gasteiger partial charge in [0.2, 0.25) is 0 Å². The fourth-order valence-electron chi connectivity index (χ4n) is 1.32. The van der Waals surface area contributed by atoms with Crippen LogP contribution in [0.4, 0.5) is 0 Å². The zero-order valence-electron chi connectivity index (χ0n) is 10.8. The molecular weight excluding hydrogens is 236 g/mol. The minimum absolute atomic E-state index is 0.573. The second-order valence-corrected chi connectivity index (χ2v) is 3.64. The Morgan fingerprint density at radius 3 is 2.05 bits per heavy atom. The van der Waals surface area contributed by atoms with E-state index < -0.39 is 0 Å². The Morgan fingerprint density at radius 2 is 1.53 bits per heavy atom. The van der Waals surface area contributed by atoms with Crippen molar-refractivity contribution in [1.82, 2.24) is 0 Å². The van der Waals surface area contributed by atoms with Gasteiger partial charge >= 0.3 is 0 Å². The molecule has 0 saturated carbocycles. The first kappa shape index (κ1) is 14.6. The predicted octanol–water partition coefficient (Wildman–Crippen LogP) is 4.47. The number of ether oxygens (including phenoxy) is 1. The van der Waals surface area contributed by atoms with Crippen molar-refractivity contribution in [3.8, 4) is 5.75 Å². The number of rotatable bonds is 4. The molecule has 0 heterocycles. The monoisotopic (exact) mass is 254 g/mol. The van der Waals surface area contributed by atoms with Gasteiger partial charge in [-0.2, -0.15) is 0 Å². The average Bonchev–Trinajstić information content (AvgIpc) is 2.48. The topological polar surface area (TPSA) is 29.5 Å². The summed E-state index contributed by atoms with van der Waals surface area (Å²) in [6.07, 6.45) is 4.41. The Labute approximate surface area is 114 Å². The minimum atomic E-state index is 0.573. The highest BCUT2D eigenvalue weighted by Gasteiger charge is 1.85. The van der Waals surface area contributed by atoms with Crippen LogP contribution in [0.3, 0.4) is 0 Å². The summed E-state index contributed by atoms with van der Waals surface area (Å²) in [5.74, 6) is 0.891. The molecule has 0 saturated heterocycles. The van der Waals surface area contributed by atoms with Crippen molar-refractivity contribution < 1.29 is 9.84 Å². The van der Waals surface area contributed by atoms with Crippen LogP contribution in [0.2, 0.25) is 0 Å². The number of benzene rings is 2. The lowest BCUT2D eigenvalue weighted by molar-refractivity contribution is 0.363. The van der Waals surface area contributed by atoms with Crippen molar-refractivity contribution in [3.05, 3.63) is 85.1 Å². The van der Waals surface area contributed by atoms with Crippen LogP contribution < -0.4 is 4.74 Å². The molecule has 98 valence electrons. The number of para-hydroxylation sites is 1. The van der Waals surface area contributed by atoms with Gasteiger partial charge in [-0.15, -0.1) is 0 Å². The van der Waals surface area contributed by atoms with Gasteiger partial charge in [-0.25, -0.2) is 0 Å². The van der Waals surface area contributed by atoms with Crippen LogP contribution in [0.25, 0.3) is 6.08 Å². The van der Waals surface area contributed by atoms with Gasteiger partial charge in [0.15, 0.2) is 0 Å². The minimum Gasteiger partial charge on any atom is -0.516 e. The van der Waals surface area contributed by atoms with Crippen molar-refractivity contribution in [2.45, 2.75) is 0 Å². The number of aliphatic hydroxyl groups excluding tert-OH is 1. The predicted molar refractivity (Wildman–Crippen MR) is 80.2 cm³/mol. The first-order valence-electron chi connectivity index (χ1n) is 6.01. The van der Waals surface area contributed by atoms with E-state index in [0.717, 1.165) is 17.6 Å². The molecule has 0 aliphatic rings. The van der Waals surface area contributed by atoms with Crippen LogP contribution in [0.1, 0.15) is 5.56 Å². The largest absolute Gasteiger partial charge is 0.516 e. The molecule has 0 aliphatic heterocycles. The fourth-order valence-corrected chi connectivity index (χ4v) is 1.32. The van der Waals surface area contributed by atoms with Crippen LogP contribution in [0.5, 0.6) is 5.75 Å². The van der Waals surface area contributed by atoms with Crippen molar-refractivity contribution in [2.75, 3.05) is 6.61 Å². The summed E-state index contributed by atoms with van der Waals surface area (Å²) in [5.41, 5.74) is 1.01. The maximum absolute atomic E-state index is 8.34. The summed E-state index contributed by atoms with van der Waals surface area (Å²) >= 11 is 0. The molecule has 0 unspecified atom stereocenters. The molecule has 2 heteroatoms. The molecule has 2 aromatic rings. The number of hydrogen-bond acceptors (Lipinski definition) is 2. The third kappa shape index (κ3) is 6.74. The van der Waals surface area contributed by atoms with Crippen LogP contribution in [-0.4, -0.2) is 11.7 Å². The third-order valence-corrected chi connectivity index (χ3v) is 2.18. The SMILES string of the molecule is C=CCOc1ccccc1.OC=Cc1ccccc1. The highest BCUT2D eigenvalue weighted by molar-refractivity contribution is 5.47. The van der Waals surface area contributed by atoms with Crippen molar-refractivity contribution in [1.29, 1.82) is 0 Å². The van der Waals surface area contributed by atoms with Gasteiger partial charge in [0.05, 0.1) is 6.26 Å². The molecule has 1 N–H and O–H groups in total. The first-order valence-corrected chi connectivity index (χ1v) is 6.01. The van der Waals surface area contributed by atoms with Gasteiger partial charge in [0.25, 0.3) is 0 Å². The normalized spacial score (nSPS) is 9.47. The molecule has 0 amide bonds. The molecule has 0 bridgehead atoms. The maximum atomic E-state index is 8.34. The van der Waals surface area contributed by atoms with Gasteiger partial charge in [-0.05, 0) is 23.8 Å². The Morgan fingerprint density at radius 1 is 0.947 bits per heavy atom. The van der Waals surface area contributed by atoms with E-state index in [-0.39, 0.29) is 0 Å². The Bertz CT molecular complexity index is 475. The molecule has 19 heavy (non-hydrogen) atoms. The van der Waals surface area contributed by atoms with E-state index in [1.807, 2.05) is 60.7 Å². The van der Waals surface area contributed by atoms with Crippen molar-refractivity contribution in [2.24, 2.45) is 0 Å². The summed E-state index contributed by atoms with van der Waals surface area (Å²) in [6.45, 7) is 4.12. The summed E-state index contributed by atoms with van der Waals surface area (Å²) in [6, 6.07) is 19.3. The lowest BCUT2D eigenvalue weighted by Crippen LogP contribution is -1.91. The van der Waals surface area contributed by atoms with E-state index in [9.17, 15) is 0 Å². The molecule has 0 spiro atoms. The average molecular weight is 254 g/mol. The van der Waals surface area contributed by atoms with Crippen LogP contribution >= 0.6 is 0 Å². The number of hydrogen-bond donors (Lipinski definition) is 1. The Kier molecular flexibility index (Phi) is 7.32. The molecule has 2 aromatic carbocycles. The second kappa shape index (κ2) is 9.54. The summed E-state index contributed by atoms with van der Waals surface area (Å²) < 4.78 is 5.24. The van der Waals surface area contributed by atoms with E-state index in [1.54, 1.807) is 12.2 Å². The van der Waals surface area contributed by atoms with Crippen LogP contribution in [-0.2, 0) is 0 Å². The van der Waals surface area contributed by atoms with Gasteiger partial charge in [0, 0.05) is 0 Å². The molecule has 0 atom stereocenters. The highest BCUT2D eigenvalue weighted by Crippen LogP contribution is 2.07. The molecular formula is C17H18O2. The molecule has 2 nitrogen and oxygen atoms in total. The summed E-state index contributed by atoms with van der Waals surface area (Å²) in [5, 5.41) is 8.34. The Hall–Kier alpha value is -2.48. The van der Waals surface area contributed by atoms with E-state index in [2.05, 4.69) is 6.58 Å². The van der Waals surface area contributed by atoms with E-state index in [4.69, 9.17) is 9.84 Å². The third-order valence-electron chi connectivity index (χ3n) is 2.18. The van der Waals surface area contributed by atoms with Gasteiger partial charge < -0.3 is 9.84 Å². The van der Waals surface area contributed by atoms with Crippen molar-refractivity contribution >= 4 is 6.08 Å². The summed E-state index contributed by atoms with van der Waals surface area (Å²) in [7, 11) is 0. The number of aliphatic hydroxyl groups is 1. The fraction of sp³-hybridized carbons (Fsp3) is 0.0588. The second-order valence-electron chi connectivity index (χ2n) is 3.64. The molecule has 2 rings (SSSR count). The van der Waals surface area contributed by atoms with Gasteiger partial charge in [0.1, 0.15) is 12.4 Å². The van der Waals surface area contributed by atoms with E-state index >= 15 is 0 Å². The molecule has 0 aliphatic carbocycles. The quantitative estimate of drug-likeness (QED) is 0.644. The van der Waals surface area contributed by atoms with E-state index in [0.29, 0.717) is 6.61 Å². The zero-order valence-corrected chi connectivity index (χ0v) is 10.8. The zero-order chi connectivity index (χ0) is 13.8. The summed E-state index contributed by atoms with van der Waals surface area (Å²) in [4.78, 5) is 0. The molecule has 0 fully saturated rings. The van der Waals surface area contributed by atoms with E-state index in [1.165, 1.54) is 0 Å². The smallest absolute Gasteiger partial charge is 0.119 e. The highest BCUT2D eigenvalue weighted by atomic mass is 16.5. The lowest BCUT2D eigenvalue weighted by Gasteiger charge is -1.99. The standard InChI is InChI=1S/C9H10O.C8H8O/c1-2-8-10-9-6-4-3-5-7-9;9-7-6-8-4-2-1-3-5-8/h2-7H,1,8H2;1-7,9H. The van der Waals surface area contributed by atoms with Gasteiger partial charge in [-0.1, -0.05) is 61.2 Å². The molecule has 0 aromatic heterocycles. The van der Waals surface area contributed by atoms with Crippen molar-refractivity contribution in [3.63, 3.8) is 0 Å². The maximum Gasteiger partial charge on any atom is 0.119 e. The van der Waals surface area contributed by atoms with Crippen LogP contribution in [0, 0.1) is 0 Å². The van der Waals surface area contributed by atoms with Gasteiger partial charge in [-0.3, -0.25) is 0 Å². The Balaban J connectivity index is 0.000000191. The lowest BCUT2D eigenvalue weighted by atomic mass is 10.2. The molecule has 0 radical (unpaired) electrons.